The van der Waals surface area contributed by atoms with Gasteiger partial charge in [0.25, 0.3) is 11.5 Å². The second-order valence-corrected chi connectivity index (χ2v) is 9.16. The minimum absolute atomic E-state index is 0.0675. The predicted molar refractivity (Wildman–Crippen MR) is 124 cm³/mol. The van der Waals surface area contributed by atoms with Crippen LogP contribution in [0.15, 0.2) is 47.5 Å². The highest BCUT2D eigenvalue weighted by atomic mass is 19.1. The lowest BCUT2D eigenvalue weighted by Gasteiger charge is -2.48. The molecule has 0 unspecified atom stereocenters. The standard InChI is InChI=1S/C25H26FN5O2/c1-3-25(9-8-20-18-6-4-5-7-19(18)23(32)30-29-20)11-17(12-25)28-24(33)21-13-27-22-15(2)10-16(26)14-31(21)22/h4-7,10,13-14,17H,3,8-9,11-12H2,1-2H3,(H,28,33)(H,30,32). The third-order valence-electron chi connectivity index (χ3n) is 7.10. The van der Waals surface area contributed by atoms with Crippen molar-refractivity contribution in [2.45, 2.75) is 52.0 Å². The first-order valence-electron chi connectivity index (χ1n) is 11.3. The molecule has 0 spiro atoms. The Labute approximate surface area is 190 Å². The smallest absolute Gasteiger partial charge is 0.272 e. The number of imidazole rings is 1. The molecule has 0 radical (unpaired) electrons. The first kappa shape index (κ1) is 21.3. The van der Waals surface area contributed by atoms with Gasteiger partial charge in [0.1, 0.15) is 17.2 Å². The van der Waals surface area contributed by atoms with E-state index in [9.17, 15) is 14.0 Å². The van der Waals surface area contributed by atoms with Crippen LogP contribution in [0.2, 0.25) is 0 Å². The summed E-state index contributed by atoms with van der Waals surface area (Å²) >= 11 is 0. The number of carbonyl (C=O) groups excluding carboxylic acids is 1. The first-order valence-corrected chi connectivity index (χ1v) is 11.3. The Morgan fingerprint density at radius 3 is 2.82 bits per heavy atom. The summed E-state index contributed by atoms with van der Waals surface area (Å²) in [7, 11) is 0. The van der Waals surface area contributed by atoms with Crippen molar-refractivity contribution in [2.24, 2.45) is 5.41 Å². The molecular formula is C25H26FN5O2. The Hall–Kier alpha value is -3.55. The first-order chi connectivity index (χ1) is 15.9. The van der Waals surface area contributed by atoms with Gasteiger partial charge in [0, 0.05) is 17.6 Å². The molecule has 4 aromatic rings. The molecule has 0 bridgehead atoms. The number of pyridine rings is 1. The molecule has 0 saturated heterocycles. The van der Waals surface area contributed by atoms with Crippen LogP contribution in [-0.4, -0.2) is 31.5 Å². The Bertz CT molecular complexity index is 1420. The molecule has 170 valence electrons. The molecule has 1 saturated carbocycles. The van der Waals surface area contributed by atoms with Gasteiger partial charge < -0.3 is 5.32 Å². The Morgan fingerprint density at radius 1 is 1.30 bits per heavy atom. The molecule has 2 N–H and O–H groups in total. The van der Waals surface area contributed by atoms with Gasteiger partial charge in [-0.15, -0.1) is 0 Å². The maximum absolute atomic E-state index is 13.8. The number of amides is 1. The third kappa shape index (κ3) is 3.79. The van der Waals surface area contributed by atoms with Gasteiger partial charge in [0.2, 0.25) is 0 Å². The second-order valence-electron chi connectivity index (χ2n) is 9.16. The number of hydrogen-bond donors (Lipinski definition) is 2. The van der Waals surface area contributed by atoms with Crippen molar-refractivity contribution in [2.75, 3.05) is 0 Å². The van der Waals surface area contributed by atoms with Crippen molar-refractivity contribution >= 4 is 22.3 Å². The van der Waals surface area contributed by atoms with Gasteiger partial charge >= 0.3 is 0 Å². The maximum Gasteiger partial charge on any atom is 0.272 e. The molecule has 3 heterocycles. The number of hydrogen-bond acceptors (Lipinski definition) is 4. The normalized spacial score (nSPS) is 20.2. The van der Waals surface area contributed by atoms with Crippen molar-refractivity contribution in [3.05, 3.63) is 75.8 Å². The van der Waals surface area contributed by atoms with Crippen LogP contribution in [0, 0.1) is 18.2 Å². The quantitative estimate of drug-likeness (QED) is 0.468. The van der Waals surface area contributed by atoms with E-state index in [4.69, 9.17) is 0 Å². The monoisotopic (exact) mass is 447 g/mol. The van der Waals surface area contributed by atoms with E-state index in [0.29, 0.717) is 22.3 Å². The molecule has 5 rings (SSSR count). The van der Waals surface area contributed by atoms with Crippen LogP contribution in [-0.2, 0) is 6.42 Å². The Kier molecular flexibility index (Phi) is 5.23. The molecule has 3 aromatic heterocycles. The summed E-state index contributed by atoms with van der Waals surface area (Å²) in [5, 5.41) is 11.6. The van der Waals surface area contributed by atoms with Gasteiger partial charge in [-0.1, -0.05) is 31.5 Å². The lowest BCUT2D eigenvalue weighted by molar-refractivity contribution is 0.0568. The van der Waals surface area contributed by atoms with E-state index in [0.717, 1.165) is 43.2 Å². The second kappa shape index (κ2) is 8.10. The van der Waals surface area contributed by atoms with Gasteiger partial charge in [0.05, 0.1) is 17.3 Å². The predicted octanol–water partition coefficient (Wildman–Crippen LogP) is 3.94. The van der Waals surface area contributed by atoms with Gasteiger partial charge in [0.15, 0.2) is 0 Å². The van der Waals surface area contributed by atoms with E-state index < -0.39 is 5.82 Å². The number of aromatic nitrogens is 4. The summed E-state index contributed by atoms with van der Waals surface area (Å²) in [4.78, 5) is 29.2. The van der Waals surface area contributed by atoms with Crippen molar-refractivity contribution in [3.63, 3.8) is 0 Å². The van der Waals surface area contributed by atoms with Crippen LogP contribution in [0.1, 0.15) is 54.4 Å². The van der Waals surface area contributed by atoms with E-state index in [-0.39, 0.29) is 22.9 Å². The molecule has 33 heavy (non-hydrogen) atoms. The molecule has 0 atom stereocenters. The van der Waals surface area contributed by atoms with Gasteiger partial charge in [-0.05, 0) is 55.7 Å². The number of rotatable bonds is 6. The van der Waals surface area contributed by atoms with Crippen molar-refractivity contribution in [1.29, 1.82) is 0 Å². The van der Waals surface area contributed by atoms with Crippen LogP contribution < -0.4 is 10.9 Å². The zero-order valence-electron chi connectivity index (χ0n) is 18.7. The molecule has 7 nitrogen and oxygen atoms in total. The minimum Gasteiger partial charge on any atom is -0.348 e. The molecule has 1 aromatic carbocycles. The fraction of sp³-hybridized carbons (Fsp3) is 0.360. The third-order valence-corrected chi connectivity index (χ3v) is 7.10. The van der Waals surface area contributed by atoms with Gasteiger partial charge in [-0.25, -0.2) is 14.5 Å². The van der Waals surface area contributed by atoms with E-state index in [2.05, 4.69) is 27.4 Å². The lowest BCUT2D eigenvalue weighted by atomic mass is 9.61. The number of aryl methyl sites for hydroxylation is 2. The van der Waals surface area contributed by atoms with Crippen molar-refractivity contribution < 1.29 is 9.18 Å². The molecule has 1 amide bonds. The number of nitrogens with zero attached hydrogens (tertiary/aromatic N) is 3. The molecule has 1 aliphatic rings. The number of halogens is 1. The number of benzene rings is 1. The van der Waals surface area contributed by atoms with Crippen LogP contribution in [0.3, 0.4) is 0 Å². The molecule has 8 heteroatoms. The number of nitrogens with one attached hydrogen (secondary N) is 2. The van der Waals surface area contributed by atoms with Gasteiger partial charge in [-0.3, -0.25) is 14.0 Å². The highest BCUT2D eigenvalue weighted by Gasteiger charge is 2.43. The lowest BCUT2D eigenvalue weighted by Crippen LogP contribution is -2.51. The van der Waals surface area contributed by atoms with E-state index in [1.807, 2.05) is 24.3 Å². The van der Waals surface area contributed by atoms with E-state index >= 15 is 0 Å². The molecule has 1 fully saturated rings. The summed E-state index contributed by atoms with van der Waals surface area (Å²) in [5.41, 5.74) is 2.45. The summed E-state index contributed by atoms with van der Waals surface area (Å²) in [6.45, 7) is 3.95. The van der Waals surface area contributed by atoms with Crippen LogP contribution in [0.25, 0.3) is 16.4 Å². The SMILES string of the molecule is CCC1(CCc2n[nH]c(=O)c3ccccc23)CC(NC(=O)c2cnc3c(C)cc(F)cn23)C1. The fourth-order valence-electron chi connectivity index (χ4n) is 5.15. The Balaban J connectivity index is 1.26. The topological polar surface area (TPSA) is 92.1 Å². The van der Waals surface area contributed by atoms with Crippen LogP contribution in [0.4, 0.5) is 4.39 Å². The number of fused-ring (bicyclic) bond motifs is 2. The van der Waals surface area contributed by atoms with Crippen molar-refractivity contribution in [3.8, 4) is 0 Å². The summed E-state index contributed by atoms with van der Waals surface area (Å²) in [5.74, 6) is -0.639. The average molecular weight is 448 g/mol. The zero-order chi connectivity index (χ0) is 23.2. The highest BCUT2D eigenvalue weighted by molar-refractivity contribution is 5.93. The number of aromatic amines is 1. The van der Waals surface area contributed by atoms with Gasteiger partial charge in [-0.2, -0.15) is 5.10 Å². The average Bonchev–Trinajstić information content (AvgIpc) is 3.21. The number of H-pyrrole nitrogens is 1. The summed E-state index contributed by atoms with van der Waals surface area (Å²) in [6.07, 6.45) is 7.23. The van der Waals surface area contributed by atoms with Crippen molar-refractivity contribution in [1.82, 2.24) is 24.9 Å². The molecule has 1 aliphatic carbocycles. The molecule has 0 aliphatic heterocycles. The highest BCUT2D eigenvalue weighted by Crippen LogP contribution is 2.47. The maximum atomic E-state index is 13.8. The Morgan fingerprint density at radius 2 is 2.06 bits per heavy atom. The number of carbonyl (C=O) groups is 1. The minimum atomic E-state index is -0.399. The summed E-state index contributed by atoms with van der Waals surface area (Å²) in [6, 6.07) is 9.01. The fourth-order valence-corrected chi connectivity index (χ4v) is 5.15. The zero-order valence-corrected chi connectivity index (χ0v) is 18.7. The largest absolute Gasteiger partial charge is 0.348 e. The van der Waals surface area contributed by atoms with Crippen LogP contribution >= 0.6 is 0 Å². The van der Waals surface area contributed by atoms with E-state index in [1.54, 1.807) is 6.92 Å². The summed E-state index contributed by atoms with van der Waals surface area (Å²) < 4.78 is 15.4. The molecular weight excluding hydrogens is 421 g/mol. The van der Waals surface area contributed by atoms with Crippen LogP contribution in [0.5, 0.6) is 0 Å². The van der Waals surface area contributed by atoms with E-state index in [1.165, 1.54) is 22.9 Å².